The molecule has 1 fully saturated rings. The Balaban J connectivity index is 1.80. The van der Waals surface area contributed by atoms with Gasteiger partial charge in [-0.05, 0) is 31.4 Å². The van der Waals surface area contributed by atoms with Crippen molar-refractivity contribution in [3.63, 3.8) is 0 Å². The Morgan fingerprint density at radius 1 is 1.44 bits per heavy atom. The van der Waals surface area contributed by atoms with E-state index in [1.54, 1.807) is 12.3 Å². The lowest BCUT2D eigenvalue weighted by molar-refractivity contribution is -0.140. The molecule has 18 heavy (non-hydrogen) atoms. The Bertz CT molecular complexity index is 420. The number of carboxylic acids is 1. The molecule has 1 heterocycles. The van der Waals surface area contributed by atoms with E-state index in [4.69, 9.17) is 9.52 Å². The molecule has 1 aliphatic rings. The molecule has 1 amide bonds. The van der Waals surface area contributed by atoms with Gasteiger partial charge in [-0.3, -0.25) is 9.59 Å². The first-order valence-electron chi connectivity index (χ1n) is 6.15. The molecule has 5 heteroatoms. The molecule has 0 unspecified atom stereocenters. The van der Waals surface area contributed by atoms with E-state index >= 15 is 0 Å². The van der Waals surface area contributed by atoms with Gasteiger partial charge < -0.3 is 14.8 Å². The highest BCUT2D eigenvalue weighted by Crippen LogP contribution is 2.35. The van der Waals surface area contributed by atoms with Crippen LogP contribution in [0.15, 0.2) is 22.8 Å². The number of carbonyl (C=O) groups is 2. The molecule has 1 aromatic rings. The lowest BCUT2D eigenvalue weighted by Gasteiger charge is -2.41. The van der Waals surface area contributed by atoms with Crippen LogP contribution >= 0.6 is 0 Å². The molecule has 0 saturated heterocycles. The molecule has 1 saturated carbocycles. The van der Waals surface area contributed by atoms with Crippen LogP contribution in [0.25, 0.3) is 0 Å². The maximum atomic E-state index is 11.8. The molecular weight excluding hydrogens is 234 g/mol. The van der Waals surface area contributed by atoms with Gasteiger partial charge >= 0.3 is 5.97 Å². The Kier molecular flexibility index (Phi) is 3.69. The van der Waals surface area contributed by atoms with Crippen molar-refractivity contribution in [3.05, 3.63) is 24.2 Å². The number of nitrogens with one attached hydrogen (secondary N) is 1. The van der Waals surface area contributed by atoms with Gasteiger partial charge in [-0.25, -0.2) is 0 Å². The summed E-state index contributed by atoms with van der Waals surface area (Å²) in [5, 5.41) is 11.7. The number of rotatable bonds is 6. The van der Waals surface area contributed by atoms with Gasteiger partial charge in [0, 0.05) is 12.8 Å². The zero-order chi connectivity index (χ0) is 13.0. The van der Waals surface area contributed by atoms with Crippen molar-refractivity contribution < 1.29 is 19.1 Å². The van der Waals surface area contributed by atoms with Crippen LogP contribution in [0.2, 0.25) is 0 Å². The van der Waals surface area contributed by atoms with Gasteiger partial charge in [-0.15, -0.1) is 0 Å². The van der Waals surface area contributed by atoms with Crippen LogP contribution in [0, 0.1) is 0 Å². The molecule has 98 valence electrons. The van der Waals surface area contributed by atoms with Crippen molar-refractivity contribution >= 4 is 11.9 Å². The van der Waals surface area contributed by atoms with Crippen LogP contribution in [-0.2, 0) is 16.0 Å². The SMILES string of the molecule is O=C(O)CC1(NC(=O)CCc2ccco2)CCC1. The highest BCUT2D eigenvalue weighted by molar-refractivity contribution is 5.78. The summed E-state index contributed by atoms with van der Waals surface area (Å²) in [4.78, 5) is 22.5. The summed E-state index contributed by atoms with van der Waals surface area (Å²) in [6.07, 6.45) is 4.95. The molecule has 0 spiro atoms. The third-order valence-electron chi connectivity index (χ3n) is 3.38. The van der Waals surface area contributed by atoms with Crippen LogP contribution in [-0.4, -0.2) is 22.5 Å². The molecule has 2 rings (SSSR count). The predicted molar refractivity (Wildman–Crippen MR) is 64.0 cm³/mol. The Morgan fingerprint density at radius 2 is 2.22 bits per heavy atom. The molecule has 0 radical (unpaired) electrons. The van der Waals surface area contributed by atoms with Crippen LogP contribution in [0.3, 0.4) is 0 Å². The fourth-order valence-corrected chi connectivity index (χ4v) is 2.29. The summed E-state index contributed by atoms with van der Waals surface area (Å²) in [7, 11) is 0. The molecule has 0 atom stereocenters. The molecule has 5 nitrogen and oxygen atoms in total. The van der Waals surface area contributed by atoms with Crippen molar-refractivity contribution in [2.75, 3.05) is 0 Å². The van der Waals surface area contributed by atoms with Gasteiger partial charge in [-0.1, -0.05) is 0 Å². The Morgan fingerprint density at radius 3 is 2.72 bits per heavy atom. The minimum Gasteiger partial charge on any atom is -0.481 e. The third-order valence-corrected chi connectivity index (χ3v) is 3.38. The van der Waals surface area contributed by atoms with E-state index in [-0.39, 0.29) is 12.3 Å². The first kappa shape index (κ1) is 12.7. The van der Waals surface area contributed by atoms with E-state index in [0.29, 0.717) is 12.8 Å². The number of amides is 1. The molecule has 1 aromatic heterocycles. The zero-order valence-corrected chi connectivity index (χ0v) is 10.1. The third kappa shape index (κ3) is 3.12. The molecule has 1 aliphatic carbocycles. The highest BCUT2D eigenvalue weighted by atomic mass is 16.4. The minimum atomic E-state index is -0.860. The van der Waals surface area contributed by atoms with E-state index in [1.807, 2.05) is 6.07 Å². The lowest BCUT2D eigenvalue weighted by Crippen LogP contribution is -2.54. The number of hydrogen-bond acceptors (Lipinski definition) is 3. The normalized spacial score (nSPS) is 16.9. The quantitative estimate of drug-likeness (QED) is 0.806. The standard InChI is InChI=1S/C13H17NO4/c15-11(5-4-10-3-1-8-18-10)14-13(6-2-7-13)9-12(16)17/h1,3,8H,2,4-7,9H2,(H,14,15)(H,16,17). The van der Waals surface area contributed by atoms with Gasteiger partial charge in [-0.2, -0.15) is 0 Å². The average Bonchev–Trinajstić information content (AvgIpc) is 2.75. The van der Waals surface area contributed by atoms with Crippen LogP contribution < -0.4 is 5.32 Å². The molecule has 0 aliphatic heterocycles. The molecular formula is C13H17NO4. The van der Waals surface area contributed by atoms with Gasteiger partial charge in [0.2, 0.25) is 5.91 Å². The number of aryl methyl sites for hydroxylation is 1. The lowest BCUT2D eigenvalue weighted by atomic mass is 9.74. The van der Waals surface area contributed by atoms with Crippen molar-refractivity contribution in [2.45, 2.75) is 44.1 Å². The first-order valence-corrected chi connectivity index (χ1v) is 6.15. The average molecular weight is 251 g/mol. The van der Waals surface area contributed by atoms with E-state index in [0.717, 1.165) is 25.0 Å². The first-order chi connectivity index (χ1) is 8.60. The summed E-state index contributed by atoms with van der Waals surface area (Å²) >= 11 is 0. The minimum absolute atomic E-state index is 0.0134. The summed E-state index contributed by atoms with van der Waals surface area (Å²) in [5.41, 5.74) is -0.508. The van der Waals surface area contributed by atoms with Crippen LogP contribution in [0.1, 0.15) is 37.9 Å². The summed E-state index contributed by atoms with van der Waals surface area (Å²) in [6.45, 7) is 0. The van der Waals surface area contributed by atoms with Gasteiger partial charge in [0.05, 0.1) is 18.2 Å². The highest BCUT2D eigenvalue weighted by Gasteiger charge is 2.40. The van der Waals surface area contributed by atoms with Crippen molar-refractivity contribution in [2.24, 2.45) is 0 Å². The van der Waals surface area contributed by atoms with E-state index in [1.165, 1.54) is 0 Å². The van der Waals surface area contributed by atoms with E-state index in [2.05, 4.69) is 5.32 Å². The monoisotopic (exact) mass is 251 g/mol. The topological polar surface area (TPSA) is 79.5 Å². The number of carbonyl (C=O) groups excluding carboxylic acids is 1. The molecule has 0 bridgehead atoms. The Hall–Kier alpha value is -1.78. The zero-order valence-electron chi connectivity index (χ0n) is 10.1. The second-order valence-corrected chi connectivity index (χ2v) is 4.83. The van der Waals surface area contributed by atoms with Crippen molar-refractivity contribution in [3.8, 4) is 0 Å². The van der Waals surface area contributed by atoms with Crippen LogP contribution in [0.4, 0.5) is 0 Å². The maximum Gasteiger partial charge on any atom is 0.305 e. The second-order valence-electron chi connectivity index (χ2n) is 4.83. The fourth-order valence-electron chi connectivity index (χ4n) is 2.29. The number of furan rings is 1. The van der Waals surface area contributed by atoms with Crippen LogP contribution in [0.5, 0.6) is 0 Å². The molecule has 2 N–H and O–H groups in total. The van der Waals surface area contributed by atoms with Crippen molar-refractivity contribution in [1.29, 1.82) is 0 Å². The number of aliphatic carboxylic acids is 1. The smallest absolute Gasteiger partial charge is 0.305 e. The molecule has 0 aromatic carbocycles. The van der Waals surface area contributed by atoms with Gasteiger partial charge in [0.1, 0.15) is 5.76 Å². The fraction of sp³-hybridized carbons (Fsp3) is 0.538. The summed E-state index contributed by atoms with van der Waals surface area (Å²) in [5.74, 6) is -0.195. The second kappa shape index (κ2) is 5.25. The van der Waals surface area contributed by atoms with Gasteiger partial charge in [0.25, 0.3) is 0 Å². The number of hydrogen-bond donors (Lipinski definition) is 2. The maximum absolute atomic E-state index is 11.8. The van der Waals surface area contributed by atoms with E-state index < -0.39 is 11.5 Å². The largest absolute Gasteiger partial charge is 0.481 e. The van der Waals surface area contributed by atoms with Gasteiger partial charge in [0.15, 0.2) is 0 Å². The summed E-state index contributed by atoms with van der Waals surface area (Å²) < 4.78 is 5.14. The Labute approximate surface area is 105 Å². The summed E-state index contributed by atoms with van der Waals surface area (Å²) in [6, 6.07) is 3.61. The predicted octanol–water partition coefficient (Wildman–Crippen LogP) is 1.73. The number of carboxylic acid groups (broad SMARTS) is 1. The van der Waals surface area contributed by atoms with E-state index in [9.17, 15) is 9.59 Å². The van der Waals surface area contributed by atoms with Crippen molar-refractivity contribution in [1.82, 2.24) is 5.32 Å².